The summed E-state index contributed by atoms with van der Waals surface area (Å²) in [5.74, 6) is 8.68. The van der Waals surface area contributed by atoms with Crippen LogP contribution in [-0.2, 0) is 18.9 Å². The first kappa shape index (κ1) is 92.6. The number of rotatable bonds is 65. The van der Waals surface area contributed by atoms with Crippen LogP contribution in [0.15, 0.2) is 12.2 Å². The van der Waals surface area contributed by atoms with Gasteiger partial charge in [-0.15, -0.1) is 0 Å². The van der Waals surface area contributed by atoms with E-state index in [9.17, 15) is 5.11 Å². The van der Waals surface area contributed by atoms with E-state index in [4.69, 9.17) is 18.9 Å². The second-order valence-electron chi connectivity index (χ2n) is 37.6. The molecular formula is C92H180O5. The Morgan fingerprint density at radius 3 is 1.10 bits per heavy atom. The molecule has 0 radical (unpaired) electrons. The molecule has 5 nitrogen and oxygen atoms in total. The van der Waals surface area contributed by atoms with Gasteiger partial charge in [-0.05, 0) is 169 Å². The fraction of sp³-hybridized carbons (Fsp3) is 0.978. The quantitative estimate of drug-likeness (QED) is 0.0486. The maximum Gasteiger partial charge on any atom is 0.168 e. The molecule has 0 aliphatic carbocycles. The first-order valence-electron chi connectivity index (χ1n) is 44.2. The minimum Gasteiger partial charge on any atom is -0.387 e. The van der Waals surface area contributed by atoms with Crippen molar-refractivity contribution in [2.24, 2.45) is 71.0 Å². The van der Waals surface area contributed by atoms with Crippen LogP contribution in [0.5, 0.6) is 0 Å². The zero-order valence-corrected chi connectivity index (χ0v) is 70.0. The fourth-order valence-corrected chi connectivity index (χ4v) is 17.3. The maximum atomic E-state index is 12.5. The molecule has 0 aromatic heterocycles. The standard InChI is InChI=1S/C92H180O5/c1-21-22-23-24-25-26-27-28-29-30-31-73-94-92(71-43-64-85(17)60-39-56-81(13)52-35-48-77(8)9)72-44-65-88(96-92)91(20,70-42-63-84(16)59-38-55-80(12)51-34-47-76(6)7)97-90(19,69-41-62-83(15)58-37-54-79(11)50-33-46-75(4)5)87-67-66-86(95-87)89(18,93)68-40-61-82(14)57-36-53-78(10)49-32-45-74(2)3/h28-29,74-88,93H,21-27,30-73H2,1-20H3/t78-,79-,80-,81-,82-,83-,84-,85-,86?,87?,88+,89?,90?,91?,92+/m1/s1. The summed E-state index contributed by atoms with van der Waals surface area (Å²) in [6, 6.07) is 0. The number of aliphatic hydroxyl groups is 1. The Balaban J connectivity index is 2.52. The van der Waals surface area contributed by atoms with E-state index in [-0.39, 0.29) is 18.3 Å². The summed E-state index contributed by atoms with van der Waals surface area (Å²) < 4.78 is 30.9. The molecule has 5 heteroatoms. The van der Waals surface area contributed by atoms with Gasteiger partial charge < -0.3 is 24.1 Å². The van der Waals surface area contributed by atoms with E-state index in [0.717, 1.165) is 150 Å². The minimum atomic E-state index is -0.873. The molecule has 1 N–H and O–H groups in total. The first-order chi connectivity index (χ1) is 46.1. The van der Waals surface area contributed by atoms with E-state index >= 15 is 0 Å². The van der Waals surface area contributed by atoms with E-state index in [1.54, 1.807) is 0 Å². The average Bonchev–Trinajstić information content (AvgIpc) is 1.76. The highest BCUT2D eigenvalue weighted by Gasteiger charge is 2.53. The lowest BCUT2D eigenvalue weighted by molar-refractivity contribution is -0.329. The number of allylic oxidation sites excluding steroid dienone is 2. The van der Waals surface area contributed by atoms with Crippen LogP contribution in [0.2, 0.25) is 0 Å². The lowest BCUT2D eigenvalue weighted by Gasteiger charge is -2.51. The lowest BCUT2D eigenvalue weighted by Crippen LogP contribution is -2.58. The molecular weight excluding hydrogens is 1190 g/mol. The van der Waals surface area contributed by atoms with Gasteiger partial charge in [0, 0.05) is 12.8 Å². The van der Waals surface area contributed by atoms with E-state index in [0.29, 0.717) is 23.7 Å². The second-order valence-corrected chi connectivity index (χ2v) is 37.6. The Labute approximate surface area is 610 Å². The topological polar surface area (TPSA) is 57.2 Å². The first-order valence-corrected chi connectivity index (χ1v) is 44.2. The van der Waals surface area contributed by atoms with Crippen LogP contribution in [0.1, 0.15) is 460 Å². The molecule has 0 aromatic carbocycles. The zero-order valence-electron chi connectivity index (χ0n) is 70.0. The summed E-state index contributed by atoms with van der Waals surface area (Å²) in [6.45, 7) is 49.0. The van der Waals surface area contributed by atoms with Crippen LogP contribution in [0.3, 0.4) is 0 Å². The van der Waals surface area contributed by atoms with E-state index < -0.39 is 22.6 Å². The summed E-state index contributed by atoms with van der Waals surface area (Å²) in [7, 11) is 0. The van der Waals surface area contributed by atoms with Gasteiger partial charge in [0.1, 0.15) is 0 Å². The molecule has 0 saturated carbocycles. The van der Waals surface area contributed by atoms with Gasteiger partial charge in [-0.3, -0.25) is 0 Å². The monoisotopic (exact) mass is 1370 g/mol. The number of unbranched alkanes of at least 4 members (excludes halogenated alkanes) is 7. The molecule has 2 heterocycles. The SMILES string of the molecule is CCCCCCCCC=CCCCO[C@]1(CCC[C@H](C)CCC[C@H](C)CCCC(C)C)CCC[C@@H](C(C)(CCC[C@H](C)CCC[C@H](C)CCCC(C)C)OC(C)(CCC[C@H](C)CCC[C@H](C)CCCC(C)C)C2CCC(C(C)(O)CCC[C@H](C)CCC[C@H](C)CCCC(C)C)O2)O1. The van der Waals surface area contributed by atoms with Crippen LogP contribution >= 0.6 is 0 Å². The number of hydrogen-bond donors (Lipinski definition) is 1. The van der Waals surface area contributed by atoms with Crippen LogP contribution in [0.4, 0.5) is 0 Å². The van der Waals surface area contributed by atoms with Crippen molar-refractivity contribution >= 4 is 0 Å². The molecule has 2 aliphatic heterocycles. The van der Waals surface area contributed by atoms with Gasteiger partial charge in [0.2, 0.25) is 0 Å². The number of ether oxygens (including phenoxy) is 4. The Morgan fingerprint density at radius 1 is 0.371 bits per heavy atom. The molecule has 0 amide bonds. The van der Waals surface area contributed by atoms with Crippen molar-refractivity contribution < 1.29 is 24.1 Å². The molecule has 578 valence electrons. The highest BCUT2D eigenvalue weighted by molar-refractivity contribution is 5.01. The summed E-state index contributed by atoms with van der Waals surface area (Å²) >= 11 is 0. The van der Waals surface area contributed by atoms with E-state index in [2.05, 4.69) is 151 Å². The molecule has 15 atom stereocenters. The van der Waals surface area contributed by atoms with Gasteiger partial charge >= 0.3 is 0 Å². The molecule has 2 rings (SSSR count). The Bertz CT molecular complexity index is 1820. The van der Waals surface area contributed by atoms with Crippen molar-refractivity contribution in [1.29, 1.82) is 0 Å². The van der Waals surface area contributed by atoms with E-state index in [1.165, 1.54) is 225 Å². The third kappa shape index (κ3) is 45.5. The summed E-state index contributed by atoms with van der Waals surface area (Å²) in [5, 5.41) is 12.5. The van der Waals surface area contributed by atoms with Gasteiger partial charge in [-0.25, -0.2) is 0 Å². The van der Waals surface area contributed by atoms with Gasteiger partial charge in [0.05, 0.1) is 41.7 Å². The van der Waals surface area contributed by atoms with Crippen molar-refractivity contribution in [2.45, 2.75) is 500 Å². The molecule has 0 bridgehead atoms. The molecule has 2 saturated heterocycles. The third-order valence-corrected chi connectivity index (χ3v) is 24.6. The highest BCUT2D eigenvalue weighted by Crippen LogP contribution is 2.47. The van der Waals surface area contributed by atoms with Crippen molar-refractivity contribution in [3.63, 3.8) is 0 Å². The van der Waals surface area contributed by atoms with Gasteiger partial charge in [0.15, 0.2) is 5.79 Å². The van der Waals surface area contributed by atoms with Gasteiger partial charge in [-0.1, -0.05) is 361 Å². The van der Waals surface area contributed by atoms with Crippen molar-refractivity contribution in [3.8, 4) is 0 Å². The molecule has 2 fully saturated rings. The average molecular weight is 1370 g/mol. The molecule has 5 unspecified atom stereocenters. The minimum absolute atomic E-state index is 0.0776. The number of hydrogen-bond acceptors (Lipinski definition) is 5. The van der Waals surface area contributed by atoms with Crippen molar-refractivity contribution in [2.75, 3.05) is 6.61 Å². The van der Waals surface area contributed by atoms with Crippen molar-refractivity contribution in [3.05, 3.63) is 12.2 Å². The molecule has 97 heavy (non-hydrogen) atoms. The summed E-state index contributed by atoms with van der Waals surface area (Å²) in [5.41, 5.74) is -1.94. The fourth-order valence-electron chi connectivity index (χ4n) is 17.3. The Kier molecular flexibility index (Phi) is 51.7. The van der Waals surface area contributed by atoms with Crippen LogP contribution in [0, 0.1) is 71.0 Å². The predicted molar refractivity (Wildman–Crippen MR) is 429 cm³/mol. The lowest BCUT2D eigenvalue weighted by atomic mass is 9.81. The van der Waals surface area contributed by atoms with Crippen LogP contribution in [-0.4, -0.2) is 52.6 Å². The summed E-state index contributed by atoms with van der Waals surface area (Å²) in [4.78, 5) is 0. The Hall–Kier alpha value is -0.460. The molecule has 0 aromatic rings. The van der Waals surface area contributed by atoms with Crippen molar-refractivity contribution in [1.82, 2.24) is 0 Å². The van der Waals surface area contributed by atoms with E-state index in [1.807, 2.05) is 0 Å². The normalized spacial score (nSPS) is 22.5. The zero-order chi connectivity index (χ0) is 72.0. The predicted octanol–water partition coefficient (Wildman–Crippen LogP) is 29.9. The second kappa shape index (κ2) is 54.2. The Morgan fingerprint density at radius 2 is 0.701 bits per heavy atom. The smallest absolute Gasteiger partial charge is 0.168 e. The molecule has 0 spiro atoms. The largest absolute Gasteiger partial charge is 0.387 e. The van der Waals surface area contributed by atoms with Crippen LogP contribution < -0.4 is 0 Å². The highest BCUT2D eigenvalue weighted by atomic mass is 16.7. The van der Waals surface area contributed by atoms with Gasteiger partial charge in [0.25, 0.3) is 0 Å². The maximum absolute atomic E-state index is 12.5. The summed E-state index contributed by atoms with van der Waals surface area (Å²) in [6.07, 6.45) is 66.3. The van der Waals surface area contributed by atoms with Crippen LogP contribution in [0.25, 0.3) is 0 Å². The van der Waals surface area contributed by atoms with Gasteiger partial charge in [-0.2, -0.15) is 0 Å². The third-order valence-electron chi connectivity index (χ3n) is 24.6. The molecule has 2 aliphatic rings.